The minimum Gasteiger partial charge on any atom is -0.433 e. The molecule has 2 N–H and O–H groups in total. The number of rotatable bonds is 8. The van der Waals surface area contributed by atoms with E-state index in [2.05, 4.69) is 15.6 Å². The summed E-state index contributed by atoms with van der Waals surface area (Å²) >= 11 is 0. The number of carbonyl (C=O) groups excluding carboxylic acids is 4. The first kappa shape index (κ1) is 32.3. The van der Waals surface area contributed by atoms with Crippen molar-refractivity contribution in [3.63, 3.8) is 0 Å². The van der Waals surface area contributed by atoms with Crippen LogP contribution in [0.4, 0.5) is 0 Å². The van der Waals surface area contributed by atoms with E-state index in [-0.39, 0.29) is 49.5 Å². The van der Waals surface area contributed by atoms with Gasteiger partial charge in [0.1, 0.15) is 23.8 Å². The van der Waals surface area contributed by atoms with Gasteiger partial charge in [-0.25, -0.2) is 8.42 Å². The highest BCUT2D eigenvalue weighted by molar-refractivity contribution is 7.89. The predicted molar refractivity (Wildman–Crippen MR) is 169 cm³/mol. The number of hydrogen-bond donors (Lipinski definition) is 2. The summed E-state index contributed by atoms with van der Waals surface area (Å²) in [6.07, 6.45) is 4.36. The molecule has 3 amide bonds. The fourth-order valence-electron chi connectivity index (χ4n) is 6.26. The molecule has 6 rings (SSSR count). The minimum absolute atomic E-state index is 0.0549. The highest BCUT2D eigenvalue weighted by Crippen LogP contribution is 2.28. The third-order valence-electron chi connectivity index (χ3n) is 8.52. The third-order valence-corrected chi connectivity index (χ3v) is 10.4. The van der Waals surface area contributed by atoms with Crippen LogP contribution in [0.25, 0.3) is 10.8 Å². The Morgan fingerprint density at radius 2 is 1.72 bits per heavy atom. The van der Waals surface area contributed by atoms with Crippen molar-refractivity contribution in [1.29, 1.82) is 0 Å². The fourth-order valence-corrected chi connectivity index (χ4v) is 7.77. The summed E-state index contributed by atoms with van der Waals surface area (Å²) in [5.41, 5.74) is 0.152. The molecule has 2 fully saturated rings. The number of piperazine rings is 1. The van der Waals surface area contributed by atoms with Gasteiger partial charge in [-0.2, -0.15) is 4.31 Å². The smallest absolute Gasteiger partial charge is 0.310 e. The Kier molecular flexibility index (Phi) is 9.34. The van der Waals surface area contributed by atoms with Crippen LogP contribution in [0.2, 0.25) is 0 Å². The number of sulfonamides is 1. The van der Waals surface area contributed by atoms with Crippen LogP contribution >= 0.6 is 0 Å². The molecule has 5 atom stereocenters. The molecule has 14 heteroatoms. The van der Waals surface area contributed by atoms with E-state index in [0.717, 1.165) is 5.39 Å². The average molecular weight is 662 g/mol. The molecule has 0 radical (unpaired) electrons. The SMILES string of the molecule is CCOC1OC(=O)CC1NC(=O)[C@@H]1CN(S(=O)(=O)c2ccccc2)C[C@@H]2C/C=C\C[C@H](NC(=O)c3nccc4ccccc34)C(=O)N21. The number of esters is 1. The maximum atomic E-state index is 14.4. The molecular formula is C33H35N5O8S. The van der Waals surface area contributed by atoms with Crippen LogP contribution in [0.5, 0.6) is 0 Å². The van der Waals surface area contributed by atoms with Gasteiger partial charge in [0, 0.05) is 37.3 Å². The largest absolute Gasteiger partial charge is 0.433 e. The standard InChI is InChI=1S/C33H35N5O8S/c1-2-45-33-26(18-28(39)46-33)36-30(40)27-20-37(47(43,44)23-12-4-3-5-13-23)19-22-11-7-9-15-25(32(42)38(22)27)35-31(41)29-24-14-8-6-10-21(24)16-17-34-29/h3-10,12-14,16-17,22,25-27,33H,2,11,15,18-20H2,1H3,(H,35,41)(H,36,40)/b9-7-/t22-,25-,26?,27-,33?/m0/s1. The maximum absolute atomic E-state index is 14.4. The van der Waals surface area contributed by atoms with Crippen molar-refractivity contribution in [1.82, 2.24) is 24.8 Å². The van der Waals surface area contributed by atoms with E-state index in [1.165, 1.54) is 27.5 Å². The molecule has 2 unspecified atom stereocenters. The minimum atomic E-state index is -4.05. The molecular weight excluding hydrogens is 626 g/mol. The number of pyridine rings is 1. The van der Waals surface area contributed by atoms with Crippen molar-refractivity contribution in [3.8, 4) is 0 Å². The van der Waals surface area contributed by atoms with Gasteiger partial charge in [0.2, 0.25) is 28.1 Å². The Morgan fingerprint density at radius 1 is 0.979 bits per heavy atom. The lowest BCUT2D eigenvalue weighted by Gasteiger charge is -2.47. The number of benzene rings is 2. The Morgan fingerprint density at radius 3 is 2.51 bits per heavy atom. The maximum Gasteiger partial charge on any atom is 0.310 e. The summed E-state index contributed by atoms with van der Waals surface area (Å²) in [5.74, 6) is -2.32. The topological polar surface area (TPSA) is 164 Å². The zero-order chi connectivity index (χ0) is 33.1. The van der Waals surface area contributed by atoms with Crippen LogP contribution in [0.1, 0.15) is 36.7 Å². The summed E-state index contributed by atoms with van der Waals surface area (Å²) < 4.78 is 39.5. The van der Waals surface area contributed by atoms with Crippen molar-refractivity contribution in [2.75, 3.05) is 19.7 Å². The molecule has 47 heavy (non-hydrogen) atoms. The van der Waals surface area contributed by atoms with E-state index in [0.29, 0.717) is 5.39 Å². The van der Waals surface area contributed by atoms with E-state index in [1.807, 2.05) is 18.2 Å². The number of carbonyl (C=O) groups is 4. The molecule has 1 aromatic heterocycles. The predicted octanol–water partition coefficient (Wildman–Crippen LogP) is 1.75. The van der Waals surface area contributed by atoms with Gasteiger partial charge in [0.05, 0.1) is 11.3 Å². The summed E-state index contributed by atoms with van der Waals surface area (Å²) in [5, 5.41) is 7.02. The molecule has 0 saturated carbocycles. The number of nitrogens with one attached hydrogen (secondary N) is 2. The number of aromatic nitrogens is 1. The van der Waals surface area contributed by atoms with Gasteiger partial charge in [0.15, 0.2) is 0 Å². The number of cyclic esters (lactones) is 1. The van der Waals surface area contributed by atoms with Gasteiger partial charge in [-0.1, -0.05) is 54.6 Å². The van der Waals surface area contributed by atoms with E-state index < -0.39 is 64.2 Å². The van der Waals surface area contributed by atoms with Crippen LogP contribution < -0.4 is 10.6 Å². The summed E-state index contributed by atoms with van der Waals surface area (Å²) in [6.45, 7) is 1.52. The number of nitrogens with zero attached hydrogens (tertiary/aromatic N) is 3. The Balaban J connectivity index is 1.32. The molecule has 4 heterocycles. The Hall–Kier alpha value is -4.66. The van der Waals surface area contributed by atoms with Crippen molar-refractivity contribution in [3.05, 3.63) is 84.7 Å². The Labute approximate surface area is 272 Å². The molecule has 2 aromatic carbocycles. The number of ether oxygens (including phenoxy) is 2. The van der Waals surface area contributed by atoms with E-state index in [9.17, 15) is 27.6 Å². The lowest BCUT2D eigenvalue weighted by atomic mass is 9.97. The van der Waals surface area contributed by atoms with Gasteiger partial charge in [0.25, 0.3) is 5.91 Å². The van der Waals surface area contributed by atoms with Crippen molar-refractivity contribution in [2.24, 2.45) is 0 Å². The molecule has 0 spiro atoms. The second-order valence-corrected chi connectivity index (χ2v) is 13.5. The van der Waals surface area contributed by atoms with Gasteiger partial charge >= 0.3 is 5.97 Å². The van der Waals surface area contributed by atoms with Crippen LogP contribution in [-0.2, 0) is 33.9 Å². The number of hydrogen-bond acceptors (Lipinski definition) is 9. The highest BCUT2D eigenvalue weighted by atomic mass is 32.2. The van der Waals surface area contributed by atoms with Crippen LogP contribution in [0.3, 0.4) is 0 Å². The molecule has 3 aliphatic heterocycles. The van der Waals surface area contributed by atoms with Gasteiger partial charge in [-0.05, 0) is 43.4 Å². The quantitative estimate of drug-likeness (QED) is 0.270. The molecule has 246 valence electrons. The molecule has 3 aliphatic rings. The van der Waals surface area contributed by atoms with Crippen molar-refractivity contribution >= 4 is 44.5 Å². The van der Waals surface area contributed by atoms with Crippen LogP contribution in [0.15, 0.2) is 83.9 Å². The normalized spacial score (nSPS) is 25.7. The molecule has 2 saturated heterocycles. The average Bonchev–Trinajstić information content (AvgIpc) is 3.42. The van der Waals surface area contributed by atoms with Gasteiger partial charge < -0.3 is 25.0 Å². The van der Waals surface area contributed by atoms with Crippen molar-refractivity contribution < 1.29 is 37.1 Å². The van der Waals surface area contributed by atoms with Gasteiger partial charge in [-0.15, -0.1) is 0 Å². The van der Waals surface area contributed by atoms with Gasteiger partial charge in [-0.3, -0.25) is 24.2 Å². The number of amides is 3. The molecule has 0 aliphatic carbocycles. The summed E-state index contributed by atoms with van der Waals surface area (Å²) in [6, 6.07) is 13.0. The monoisotopic (exact) mass is 661 g/mol. The molecule has 3 aromatic rings. The zero-order valence-corrected chi connectivity index (χ0v) is 26.5. The van der Waals surface area contributed by atoms with Crippen LogP contribution in [-0.4, -0.2) is 96.5 Å². The Bertz CT molecular complexity index is 1810. The van der Waals surface area contributed by atoms with E-state index in [1.54, 1.807) is 49.4 Å². The molecule has 0 bridgehead atoms. The first-order chi connectivity index (χ1) is 22.7. The zero-order valence-electron chi connectivity index (χ0n) is 25.7. The third kappa shape index (κ3) is 6.62. The lowest BCUT2D eigenvalue weighted by Crippen LogP contribution is -2.68. The first-order valence-corrected chi connectivity index (χ1v) is 16.9. The second kappa shape index (κ2) is 13.6. The van der Waals surface area contributed by atoms with Crippen molar-refractivity contribution in [2.45, 2.75) is 61.5 Å². The molecule has 13 nitrogen and oxygen atoms in total. The van der Waals surface area contributed by atoms with E-state index >= 15 is 0 Å². The van der Waals surface area contributed by atoms with Crippen LogP contribution in [0, 0.1) is 0 Å². The van der Waals surface area contributed by atoms with E-state index in [4.69, 9.17) is 9.47 Å². The number of fused-ring (bicyclic) bond motifs is 2. The summed E-state index contributed by atoms with van der Waals surface area (Å²) in [4.78, 5) is 59.8. The lowest BCUT2D eigenvalue weighted by molar-refractivity contribution is -0.165. The summed E-state index contributed by atoms with van der Waals surface area (Å²) in [7, 11) is -4.05. The fraction of sp³-hybridized carbons (Fsp3) is 0.364. The highest BCUT2D eigenvalue weighted by Gasteiger charge is 2.48. The second-order valence-electron chi connectivity index (χ2n) is 11.5. The first-order valence-electron chi connectivity index (χ1n) is 15.5.